The minimum Gasteiger partial charge on any atom is -0.507 e. The minimum atomic E-state index is 0.301. The molecule has 3 heteroatoms. The number of hydrogen-bond donors (Lipinski definition) is 2. The predicted molar refractivity (Wildman–Crippen MR) is 76.4 cm³/mol. The van der Waals surface area contributed by atoms with Gasteiger partial charge in [-0.15, -0.1) is 0 Å². The second-order valence-electron chi connectivity index (χ2n) is 4.54. The molecule has 0 spiro atoms. The van der Waals surface area contributed by atoms with Crippen LogP contribution in [0.2, 0.25) is 0 Å². The average Bonchev–Trinajstić information content (AvgIpc) is 2.83. The van der Waals surface area contributed by atoms with Gasteiger partial charge < -0.3 is 14.8 Å². The number of benzene rings is 2. The van der Waals surface area contributed by atoms with Crippen LogP contribution in [0.25, 0.3) is 10.8 Å². The molecule has 2 aromatic carbocycles. The number of aryl methyl sites for hydroxylation is 1. The van der Waals surface area contributed by atoms with Crippen molar-refractivity contribution in [2.24, 2.45) is 0 Å². The van der Waals surface area contributed by atoms with E-state index in [1.54, 1.807) is 6.07 Å². The third kappa shape index (κ3) is 2.27. The third-order valence-electron chi connectivity index (χ3n) is 3.15. The van der Waals surface area contributed by atoms with Crippen LogP contribution < -0.4 is 5.32 Å². The Morgan fingerprint density at radius 2 is 1.79 bits per heavy atom. The van der Waals surface area contributed by atoms with Crippen LogP contribution in [0, 0.1) is 6.92 Å². The molecule has 2 N–H and O–H groups in total. The number of phenols is 1. The molecular formula is C16H15NO2. The molecule has 0 aliphatic rings. The molecule has 0 aliphatic heterocycles. The zero-order chi connectivity index (χ0) is 13.2. The van der Waals surface area contributed by atoms with E-state index in [9.17, 15) is 5.11 Å². The molecule has 1 heterocycles. The van der Waals surface area contributed by atoms with Gasteiger partial charge in [0, 0.05) is 16.5 Å². The van der Waals surface area contributed by atoms with Crippen LogP contribution in [-0.2, 0) is 6.54 Å². The van der Waals surface area contributed by atoms with Crippen LogP contribution in [0.15, 0.2) is 52.9 Å². The summed E-state index contributed by atoms with van der Waals surface area (Å²) in [5.41, 5.74) is 0.988. The zero-order valence-corrected chi connectivity index (χ0v) is 10.7. The van der Waals surface area contributed by atoms with Crippen molar-refractivity contribution in [3.63, 3.8) is 0 Å². The summed E-state index contributed by atoms with van der Waals surface area (Å²) in [7, 11) is 0. The molecule has 3 rings (SSSR count). The van der Waals surface area contributed by atoms with Gasteiger partial charge in [0.1, 0.15) is 17.3 Å². The summed E-state index contributed by atoms with van der Waals surface area (Å²) in [6.45, 7) is 2.56. The molecule has 0 bridgehead atoms. The predicted octanol–water partition coefficient (Wildman–Crippen LogP) is 4.06. The van der Waals surface area contributed by atoms with Gasteiger partial charge in [0.15, 0.2) is 0 Å². The Kier molecular flexibility index (Phi) is 2.88. The first-order valence-corrected chi connectivity index (χ1v) is 6.24. The topological polar surface area (TPSA) is 45.4 Å². The molecule has 0 unspecified atom stereocenters. The molecule has 0 aliphatic carbocycles. The van der Waals surface area contributed by atoms with Crippen molar-refractivity contribution in [1.29, 1.82) is 0 Å². The van der Waals surface area contributed by atoms with Crippen molar-refractivity contribution < 1.29 is 9.52 Å². The van der Waals surface area contributed by atoms with Crippen molar-refractivity contribution in [2.45, 2.75) is 13.5 Å². The number of nitrogens with one attached hydrogen (secondary N) is 1. The number of fused-ring (bicyclic) bond motifs is 1. The molecule has 0 radical (unpaired) electrons. The molecule has 0 amide bonds. The smallest absolute Gasteiger partial charge is 0.123 e. The molecule has 0 atom stereocenters. The molecule has 0 fully saturated rings. The second kappa shape index (κ2) is 4.69. The zero-order valence-electron chi connectivity index (χ0n) is 10.7. The highest BCUT2D eigenvalue weighted by Gasteiger charge is 2.04. The average molecular weight is 253 g/mol. The molecule has 0 saturated carbocycles. The molecule has 19 heavy (non-hydrogen) atoms. The van der Waals surface area contributed by atoms with Gasteiger partial charge in [-0.3, -0.25) is 0 Å². The van der Waals surface area contributed by atoms with Gasteiger partial charge in [0.05, 0.1) is 6.54 Å². The Balaban J connectivity index is 1.91. The monoisotopic (exact) mass is 253 g/mol. The fourth-order valence-corrected chi connectivity index (χ4v) is 2.21. The maximum atomic E-state index is 9.84. The van der Waals surface area contributed by atoms with Crippen LogP contribution >= 0.6 is 0 Å². The van der Waals surface area contributed by atoms with E-state index in [-0.39, 0.29) is 0 Å². The van der Waals surface area contributed by atoms with E-state index in [2.05, 4.69) is 5.32 Å². The van der Waals surface area contributed by atoms with Crippen molar-refractivity contribution in [3.8, 4) is 5.75 Å². The molecule has 3 nitrogen and oxygen atoms in total. The van der Waals surface area contributed by atoms with Crippen molar-refractivity contribution >= 4 is 16.5 Å². The lowest BCUT2D eigenvalue weighted by Gasteiger charge is -2.09. The van der Waals surface area contributed by atoms with Gasteiger partial charge in [-0.1, -0.05) is 24.3 Å². The van der Waals surface area contributed by atoms with Crippen molar-refractivity contribution in [2.75, 3.05) is 5.32 Å². The minimum absolute atomic E-state index is 0.301. The summed E-state index contributed by atoms with van der Waals surface area (Å²) >= 11 is 0. The lowest BCUT2D eigenvalue weighted by Crippen LogP contribution is -1.98. The molecular weight excluding hydrogens is 238 g/mol. The summed E-state index contributed by atoms with van der Waals surface area (Å²) in [6.07, 6.45) is 0. The maximum absolute atomic E-state index is 9.84. The molecule has 1 aromatic heterocycles. The van der Waals surface area contributed by atoms with Crippen LogP contribution in [-0.4, -0.2) is 5.11 Å². The molecule has 0 saturated heterocycles. The van der Waals surface area contributed by atoms with Crippen molar-refractivity contribution in [3.05, 3.63) is 60.1 Å². The second-order valence-corrected chi connectivity index (χ2v) is 4.54. The number of furan rings is 1. The van der Waals surface area contributed by atoms with Gasteiger partial charge in [-0.05, 0) is 31.2 Å². The standard InChI is InChI=1S/C16H15NO2/c1-11-8-9-12(19-11)10-17-15-6-2-5-14-13(15)4-3-7-16(14)18/h2-9,17-18H,10H2,1H3. The van der Waals surface area contributed by atoms with Gasteiger partial charge in [-0.25, -0.2) is 0 Å². The first-order valence-electron chi connectivity index (χ1n) is 6.24. The van der Waals surface area contributed by atoms with E-state index < -0.39 is 0 Å². The number of rotatable bonds is 3. The number of hydrogen-bond acceptors (Lipinski definition) is 3. The summed E-state index contributed by atoms with van der Waals surface area (Å²) < 4.78 is 5.53. The highest BCUT2D eigenvalue weighted by molar-refractivity contribution is 5.97. The summed E-state index contributed by atoms with van der Waals surface area (Å²) in [4.78, 5) is 0. The Morgan fingerprint density at radius 3 is 2.58 bits per heavy atom. The number of anilines is 1. The van der Waals surface area contributed by atoms with E-state index in [0.717, 1.165) is 28.0 Å². The van der Waals surface area contributed by atoms with E-state index in [1.807, 2.05) is 49.4 Å². The van der Waals surface area contributed by atoms with Gasteiger partial charge in [0.2, 0.25) is 0 Å². The van der Waals surface area contributed by atoms with E-state index in [4.69, 9.17) is 4.42 Å². The van der Waals surface area contributed by atoms with Crippen LogP contribution in [0.4, 0.5) is 5.69 Å². The van der Waals surface area contributed by atoms with Crippen LogP contribution in [0.3, 0.4) is 0 Å². The van der Waals surface area contributed by atoms with Gasteiger partial charge in [0.25, 0.3) is 0 Å². The number of aromatic hydroxyl groups is 1. The van der Waals surface area contributed by atoms with E-state index >= 15 is 0 Å². The fraction of sp³-hybridized carbons (Fsp3) is 0.125. The van der Waals surface area contributed by atoms with Crippen LogP contribution in [0.5, 0.6) is 5.75 Å². The summed E-state index contributed by atoms with van der Waals surface area (Å²) in [6, 6.07) is 15.3. The SMILES string of the molecule is Cc1ccc(CNc2cccc3c(O)cccc23)o1. The highest BCUT2D eigenvalue weighted by Crippen LogP contribution is 2.30. The lowest BCUT2D eigenvalue weighted by molar-refractivity contribution is 0.481. The Labute approximate surface area is 111 Å². The Hall–Kier alpha value is -2.42. The third-order valence-corrected chi connectivity index (χ3v) is 3.15. The fourth-order valence-electron chi connectivity index (χ4n) is 2.21. The van der Waals surface area contributed by atoms with Crippen LogP contribution in [0.1, 0.15) is 11.5 Å². The number of phenolic OH excluding ortho intramolecular Hbond substituents is 1. The molecule has 3 aromatic rings. The lowest BCUT2D eigenvalue weighted by atomic mass is 10.1. The van der Waals surface area contributed by atoms with Gasteiger partial charge >= 0.3 is 0 Å². The van der Waals surface area contributed by atoms with Crippen molar-refractivity contribution in [1.82, 2.24) is 0 Å². The first-order chi connectivity index (χ1) is 9.24. The summed E-state index contributed by atoms with van der Waals surface area (Å²) in [5, 5.41) is 15.0. The maximum Gasteiger partial charge on any atom is 0.123 e. The Morgan fingerprint density at radius 1 is 1.00 bits per heavy atom. The van der Waals surface area contributed by atoms with E-state index in [1.165, 1.54) is 0 Å². The normalized spacial score (nSPS) is 10.8. The summed E-state index contributed by atoms with van der Waals surface area (Å²) in [5.74, 6) is 2.11. The quantitative estimate of drug-likeness (QED) is 0.740. The van der Waals surface area contributed by atoms with Gasteiger partial charge in [-0.2, -0.15) is 0 Å². The highest BCUT2D eigenvalue weighted by atomic mass is 16.3. The van der Waals surface area contributed by atoms with E-state index in [0.29, 0.717) is 12.3 Å². The largest absolute Gasteiger partial charge is 0.507 e. The first kappa shape index (κ1) is 11.7. The Bertz CT molecular complexity index is 716. The molecule has 96 valence electrons.